The third-order valence-corrected chi connectivity index (χ3v) is 6.75. The number of unbranched alkanes of at least 4 members (excludes halogenated alkanes) is 3. The molecule has 164 valence electrons. The van der Waals surface area contributed by atoms with Gasteiger partial charge in [-0.05, 0) is 43.6 Å². The first-order chi connectivity index (χ1) is 14.8. The number of pyridine rings is 1. The van der Waals surface area contributed by atoms with E-state index in [1.165, 1.54) is 56.9 Å². The topological polar surface area (TPSA) is 69.0 Å². The largest absolute Gasteiger partial charge is 0.381 e. The van der Waals surface area contributed by atoms with E-state index in [0.29, 0.717) is 17.3 Å². The molecule has 6 heteroatoms. The van der Waals surface area contributed by atoms with Crippen LogP contribution in [0.2, 0.25) is 0 Å². The van der Waals surface area contributed by atoms with Gasteiger partial charge in [0.05, 0.1) is 10.9 Å². The molecule has 0 radical (unpaired) electrons. The Morgan fingerprint density at radius 2 is 1.90 bits per heavy atom. The van der Waals surface area contributed by atoms with Crippen LogP contribution in [-0.4, -0.2) is 34.3 Å². The van der Waals surface area contributed by atoms with E-state index in [0.717, 1.165) is 44.5 Å². The molecule has 1 saturated carbocycles. The van der Waals surface area contributed by atoms with Crippen LogP contribution < -0.4 is 10.9 Å². The number of fused-ring (bicyclic) bond motifs is 1. The minimum absolute atomic E-state index is 0.0472. The smallest absolute Gasteiger partial charge is 0.261 e. The summed E-state index contributed by atoms with van der Waals surface area (Å²) in [5, 5.41) is 4.04. The Balaban J connectivity index is 1.67. The molecule has 30 heavy (non-hydrogen) atoms. The van der Waals surface area contributed by atoms with Gasteiger partial charge in [0.2, 0.25) is 5.95 Å². The van der Waals surface area contributed by atoms with E-state index >= 15 is 0 Å². The van der Waals surface area contributed by atoms with Gasteiger partial charge in [-0.3, -0.25) is 4.79 Å². The molecule has 6 nitrogen and oxygen atoms in total. The van der Waals surface area contributed by atoms with Crippen LogP contribution in [0.5, 0.6) is 0 Å². The highest BCUT2D eigenvalue weighted by molar-refractivity contribution is 5.81. The quantitative estimate of drug-likeness (QED) is 0.605. The molecule has 0 atom stereocenters. The lowest BCUT2D eigenvalue weighted by atomic mass is 9.84. The number of anilines is 1. The highest BCUT2D eigenvalue weighted by Crippen LogP contribution is 2.36. The molecule has 0 spiro atoms. The highest BCUT2D eigenvalue weighted by atomic mass is 16.5. The molecule has 1 saturated heterocycles. The minimum Gasteiger partial charge on any atom is -0.381 e. The summed E-state index contributed by atoms with van der Waals surface area (Å²) in [6.45, 7) is 4.56. The molecule has 4 rings (SSSR count). The zero-order chi connectivity index (χ0) is 20.8. The first-order valence-corrected chi connectivity index (χ1v) is 12.0. The van der Waals surface area contributed by atoms with Crippen molar-refractivity contribution in [3.05, 3.63) is 28.3 Å². The molecule has 1 N–H and O–H groups in total. The van der Waals surface area contributed by atoms with Crippen LogP contribution in [-0.2, 0) is 4.74 Å². The van der Waals surface area contributed by atoms with Gasteiger partial charge in [0.1, 0.15) is 0 Å². The van der Waals surface area contributed by atoms with Crippen molar-refractivity contribution in [1.29, 1.82) is 0 Å². The third-order valence-electron chi connectivity index (χ3n) is 6.75. The molecule has 2 aromatic rings. The second-order valence-corrected chi connectivity index (χ2v) is 8.92. The van der Waals surface area contributed by atoms with Crippen molar-refractivity contribution in [1.82, 2.24) is 14.5 Å². The zero-order valence-corrected chi connectivity index (χ0v) is 18.4. The van der Waals surface area contributed by atoms with Crippen molar-refractivity contribution >= 4 is 16.9 Å². The van der Waals surface area contributed by atoms with Gasteiger partial charge in [-0.25, -0.2) is 9.97 Å². The second-order valence-electron chi connectivity index (χ2n) is 8.92. The van der Waals surface area contributed by atoms with Crippen molar-refractivity contribution in [2.75, 3.05) is 25.1 Å². The number of nitrogens with zero attached hydrogens (tertiary/aromatic N) is 3. The number of nitrogens with one attached hydrogen (secondary N) is 1. The summed E-state index contributed by atoms with van der Waals surface area (Å²) in [5.74, 6) is 1.14. The zero-order valence-electron chi connectivity index (χ0n) is 18.4. The highest BCUT2D eigenvalue weighted by Gasteiger charge is 2.24. The molecule has 0 amide bonds. The monoisotopic (exact) mass is 412 g/mol. The fraction of sp³-hybridized carbons (Fsp3) is 0.708. The van der Waals surface area contributed by atoms with Crippen LogP contribution in [0.3, 0.4) is 0 Å². The maximum atomic E-state index is 13.3. The van der Waals surface area contributed by atoms with E-state index in [-0.39, 0.29) is 11.6 Å². The first kappa shape index (κ1) is 21.3. The Kier molecular flexibility index (Phi) is 7.37. The number of hydrogen-bond donors (Lipinski definition) is 1. The van der Waals surface area contributed by atoms with E-state index in [2.05, 4.69) is 23.4 Å². The van der Waals surface area contributed by atoms with Crippen LogP contribution in [0.1, 0.15) is 95.1 Å². The second kappa shape index (κ2) is 10.4. The van der Waals surface area contributed by atoms with Gasteiger partial charge < -0.3 is 14.6 Å². The summed E-state index contributed by atoms with van der Waals surface area (Å²) in [6.07, 6.45) is 16.7. The standard InChI is InChI=1S/C24H36N4O2/c1-2-3-4-8-13-25-24-26-16-20-22(27-24)21(18-9-6-5-7-10-18)17-28(23(20)29)19-11-14-30-15-12-19/h16-19H,2-15H2,1H3,(H,25,26,27). The Morgan fingerprint density at radius 3 is 2.67 bits per heavy atom. The average Bonchev–Trinajstić information content (AvgIpc) is 2.80. The first-order valence-electron chi connectivity index (χ1n) is 12.0. The van der Waals surface area contributed by atoms with Gasteiger partial charge in [0, 0.05) is 38.2 Å². The van der Waals surface area contributed by atoms with Crippen molar-refractivity contribution in [3.63, 3.8) is 0 Å². The molecule has 0 unspecified atom stereocenters. The maximum absolute atomic E-state index is 13.3. The van der Waals surface area contributed by atoms with Gasteiger partial charge in [0.15, 0.2) is 0 Å². The van der Waals surface area contributed by atoms with E-state index < -0.39 is 0 Å². The summed E-state index contributed by atoms with van der Waals surface area (Å²) in [5.41, 5.74) is 2.15. The molecule has 0 aromatic carbocycles. The van der Waals surface area contributed by atoms with Crippen LogP contribution in [0.15, 0.2) is 17.2 Å². The summed E-state index contributed by atoms with van der Waals surface area (Å²) >= 11 is 0. The van der Waals surface area contributed by atoms with Crippen molar-refractivity contribution in [3.8, 4) is 0 Å². The predicted octanol–water partition coefficient (Wildman–Crippen LogP) is 5.18. The summed E-state index contributed by atoms with van der Waals surface area (Å²) in [4.78, 5) is 22.7. The number of ether oxygens (including phenoxy) is 1. The Morgan fingerprint density at radius 1 is 1.10 bits per heavy atom. The lowest BCUT2D eigenvalue weighted by molar-refractivity contribution is 0.0687. The SMILES string of the molecule is CCCCCCNc1ncc2c(=O)n(C3CCOCC3)cc(C3CCCCC3)c2n1. The van der Waals surface area contributed by atoms with Gasteiger partial charge >= 0.3 is 0 Å². The lowest BCUT2D eigenvalue weighted by Gasteiger charge is -2.28. The minimum atomic E-state index is 0.0472. The average molecular weight is 413 g/mol. The van der Waals surface area contributed by atoms with Crippen LogP contribution in [0, 0.1) is 0 Å². The molecule has 3 heterocycles. The van der Waals surface area contributed by atoms with Crippen molar-refractivity contribution in [2.45, 2.75) is 89.5 Å². The Hall–Kier alpha value is -1.95. The predicted molar refractivity (Wildman–Crippen MR) is 121 cm³/mol. The fourth-order valence-corrected chi connectivity index (χ4v) is 4.95. The molecular formula is C24H36N4O2. The molecule has 2 aromatic heterocycles. The summed E-state index contributed by atoms with van der Waals surface area (Å²) in [7, 11) is 0. The van der Waals surface area contributed by atoms with E-state index in [9.17, 15) is 4.79 Å². The third kappa shape index (κ3) is 4.85. The molecular weight excluding hydrogens is 376 g/mol. The van der Waals surface area contributed by atoms with Crippen LogP contribution >= 0.6 is 0 Å². The normalized spacial score (nSPS) is 18.7. The van der Waals surface area contributed by atoms with Crippen molar-refractivity contribution in [2.24, 2.45) is 0 Å². The van der Waals surface area contributed by atoms with E-state index in [1.807, 2.05) is 4.57 Å². The fourth-order valence-electron chi connectivity index (χ4n) is 4.95. The van der Waals surface area contributed by atoms with Gasteiger partial charge in [-0.1, -0.05) is 45.4 Å². The molecule has 1 aliphatic heterocycles. The summed E-state index contributed by atoms with van der Waals surface area (Å²) < 4.78 is 7.49. The number of aromatic nitrogens is 3. The molecule has 2 fully saturated rings. The number of rotatable bonds is 8. The van der Waals surface area contributed by atoms with Gasteiger partial charge in [-0.15, -0.1) is 0 Å². The number of hydrogen-bond acceptors (Lipinski definition) is 5. The van der Waals surface area contributed by atoms with Crippen molar-refractivity contribution < 1.29 is 4.74 Å². The lowest BCUT2D eigenvalue weighted by Crippen LogP contribution is -2.30. The van der Waals surface area contributed by atoms with Gasteiger partial charge in [0.25, 0.3) is 5.56 Å². The summed E-state index contributed by atoms with van der Waals surface area (Å²) in [6, 6.07) is 0.217. The van der Waals surface area contributed by atoms with Crippen LogP contribution in [0.25, 0.3) is 10.9 Å². The molecule has 2 aliphatic rings. The van der Waals surface area contributed by atoms with E-state index in [4.69, 9.17) is 9.72 Å². The Labute approximate surface area is 179 Å². The molecule has 0 bridgehead atoms. The molecule has 1 aliphatic carbocycles. The Bertz CT molecular complexity index is 883. The van der Waals surface area contributed by atoms with Crippen LogP contribution in [0.4, 0.5) is 5.95 Å². The van der Waals surface area contributed by atoms with E-state index in [1.54, 1.807) is 6.20 Å². The maximum Gasteiger partial charge on any atom is 0.261 e. The van der Waals surface area contributed by atoms with Gasteiger partial charge in [-0.2, -0.15) is 0 Å².